The molecule has 0 fully saturated rings. The number of furan rings is 2. The van der Waals surface area contributed by atoms with E-state index in [-0.39, 0.29) is 0 Å². The first-order chi connectivity index (χ1) is 24.7. The molecular formula is C45H29N3O2. The van der Waals surface area contributed by atoms with Crippen molar-refractivity contribution in [1.82, 2.24) is 15.0 Å². The van der Waals surface area contributed by atoms with Crippen LogP contribution in [0.3, 0.4) is 0 Å². The Hall–Kier alpha value is -6.59. The number of rotatable bonds is 5. The number of nitrogens with zero attached hydrogens (tertiary/aromatic N) is 3. The highest BCUT2D eigenvalue weighted by molar-refractivity contribution is 6.13. The summed E-state index contributed by atoms with van der Waals surface area (Å²) < 4.78 is 12.7. The third-order valence-electron chi connectivity index (χ3n) is 9.65. The van der Waals surface area contributed by atoms with Crippen LogP contribution in [0.5, 0.6) is 0 Å². The van der Waals surface area contributed by atoms with Crippen molar-refractivity contribution < 1.29 is 8.83 Å². The number of hydrogen-bond donors (Lipinski definition) is 0. The van der Waals surface area contributed by atoms with Gasteiger partial charge in [-0.05, 0) is 64.6 Å². The molecule has 10 rings (SSSR count). The molecule has 1 aliphatic rings. The highest BCUT2D eigenvalue weighted by Gasteiger charge is 2.23. The molecule has 0 atom stereocenters. The third kappa shape index (κ3) is 4.82. The van der Waals surface area contributed by atoms with Gasteiger partial charge in [0.05, 0.1) is 0 Å². The molecule has 1 aliphatic carbocycles. The molecule has 0 saturated carbocycles. The van der Waals surface area contributed by atoms with E-state index in [9.17, 15) is 0 Å². The Morgan fingerprint density at radius 1 is 0.420 bits per heavy atom. The van der Waals surface area contributed by atoms with Crippen molar-refractivity contribution in [2.75, 3.05) is 0 Å². The fraction of sp³-hybridized carbons (Fsp3) is 0.0444. The van der Waals surface area contributed by atoms with Crippen LogP contribution in [0, 0.1) is 0 Å². The molecular weight excluding hydrogens is 615 g/mol. The van der Waals surface area contributed by atoms with Crippen LogP contribution < -0.4 is 0 Å². The molecule has 3 heterocycles. The Balaban J connectivity index is 1.19. The third-order valence-corrected chi connectivity index (χ3v) is 9.65. The lowest BCUT2D eigenvalue weighted by Gasteiger charge is -2.15. The Bertz CT molecular complexity index is 2740. The van der Waals surface area contributed by atoms with Crippen LogP contribution in [-0.4, -0.2) is 15.0 Å². The molecule has 0 saturated heterocycles. The summed E-state index contributed by atoms with van der Waals surface area (Å²) in [5, 5.41) is 3.12. The molecule has 0 unspecified atom stereocenters. The summed E-state index contributed by atoms with van der Waals surface area (Å²) in [7, 11) is 0. The molecule has 0 radical (unpaired) electrons. The highest BCUT2D eigenvalue weighted by atomic mass is 16.3. The number of aromatic nitrogens is 3. The van der Waals surface area contributed by atoms with E-state index in [1.807, 2.05) is 66.7 Å². The molecule has 9 aromatic rings. The van der Waals surface area contributed by atoms with E-state index in [0.29, 0.717) is 17.5 Å². The summed E-state index contributed by atoms with van der Waals surface area (Å²) in [6, 6.07) is 50.0. The molecule has 6 aromatic carbocycles. The number of aryl methyl sites for hydroxylation is 1. The molecule has 50 heavy (non-hydrogen) atoms. The maximum Gasteiger partial charge on any atom is 0.164 e. The first kappa shape index (κ1) is 28.4. The van der Waals surface area contributed by atoms with Crippen molar-refractivity contribution in [3.8, 4) is 45.0 Å². The van der Waals surface area contributed by atoms with Crippen LogP contribution in [0.4, 0.5) is 0 Å². The molecule has 0 bridgehead atoms. The fourth-order valence-electron chi connectivity index (χ4n) is 7.17. The number of fused-ring (bicyclic) bond motifs is 6. The Morgan fingerprint density at radius 3 is 1.76 bits per heavy atom. The van der Waals surface area contributed by atoms with Crippen LogP contribution in [0.25, 0.3) is 89.6 Å². The van der Waals surface area contributed by atoms with Crippen LogP contribution >= 0.6 is 0 Å². The van der Waals surface area contributed by atoms with Gasteiger partial charge in [0.1, 0.15) is 22.5 Å². The second-order valence-corrected chi connectivity index (χ2v) is 12.7. The Kier molecular flexibility index (Phi) is 6.56. The number of benzene rings is 6. The SMILES string of the molecule is C1=C(c2nc(-c3ccccc3)nc(-c3cc(-c4ccc(-c5ccccc5)cc4)cc4oc5ccccc5c34)n2)CCc2oc3ccccc3c21. The molecule has 5 nitrogen and oxygen atoms in total. The zero-order chi connectivity index (χ0) is 33.0. The summed E-state index contributed by atoms with van der Waals surface area (Å²) in [6.45, 7) is 0. The van der Waals surface area contributed by atoms with Gasteiger partial charge in [0.15, 0.2) is 17.5 Å². The van der Waals surface area contributed by atoms with Gasteiger partial charge in [-0.25, -0.2) is 15.0 Å². The van der Waals surface area contributed by atoms with Gasteiger partial charge < -0.3 is 8.83 Å². The Labute approximate surface area is 288 Å². The number of para-hydroxylation sites is 2. The summed E-state index contributed by atoms with van der Waals surface area (Å²) in [5.74, 6) is 2.92. The minimum Gasteiger partial charge on any atom is -0.460 e. The van der Waals surface area contributed by atoms with E-state index < -0.39 is 0 Å². The van der Waals surface area contributed by atoms with Crippen molar-refractivity contribution >= 4 is 44.6 Å². The average Bonchev–Trinajstić information content (AvgIpc) is 3.76. The van der Waals surface area contributed by atoms with Gasteiger partial charge in [-0.3, -0.25) is 0 Å². The lowest BCUT2D eigenvalue weighted by atomic mass is 9.95. The van der Waals surface area contributed by atoms with Gasteiger partial charge in [-0.1, -0.05) is 121 Å². The van der Waals surface area contributed by atoms with Crippen LogP contribution in [0.1, 0.15) is 23.6 Å². The van der Waals surface area contributed by atoms with E-state index in [1.54, 1.807) is 0 Å². The maximum absolute atomic E-state index is 6.51. The lowest BCUT2D eigenvalue weighted by Crippen LogP contribution is -2.06. The van der Waals surface area contributed by atoms with Crippen molar-refractivity contribution in [1.29, 1.82) is 0 Å². The van der Waals surface area contributed by atoms with Gasteiger partial charge in [-0.15, -0.1) is 0 Å². The first-order valence-corrected chi connectivity index (χ1v) is 16.9. The molecule has 0 aliphatic heterocycles. The van der Waals surface area contributed by atoms with Crippen molar-refractivity contribution in [2.24, 2.45) is 0 Å². The first-order valence-electron chi connectivity index (χ1n) is 16.9. The minimum atomic E-state index is 0.608. The van der Waals surface area contributed by atoms with E-state index in [4.69, 9.17) is 23.8 Å². The van der Waals surface area contributed by atoms with E-state index >= 15 is 0 Å². The monoisotopic (exact) mass is 643 g/mol. The van der Waals surface area contributed by atoms with E-state index in [1.165, 1.54) is 11.1 Å². The van der Waals surface area contributed by atoms with Crippen molar-refractivity contribution in [3.05, 3.63) is 163 Å². The maximum atomic E-state index is 6.51. The highest BCUT2D eigenvalue weighted by Crippen LogP contribution is 2.41. The van der Waals surface area contributed by atoms with Gasteiger partial charge >= 0.3 is 0 Å². The largest absolute Gasteiger partial charge is 0.460 e. The fourth-order valence-corrected chi connectivity index (χ4v) is 7.17. The standard InChI is InChI=1S/C45H29N3O2/c1-3-11-28(12-4-1)29-19-21-30(22-20-29)33-26-37(42-35-16-8-10-18-39(35)50-41(42)27-33)45-47-43(31-13-5-2-6-14-31)46-44(48-45)32-23-24-40-36(25-32)34-15-7-9-17-38(34)49-40/h1-22,25-27H,23-24H2. The molecule has 0 amide bonds. The van der Waals surface area contributed by atoms with Crippen LogP contribution in [-0.2, 0) is 6.42 Å². The normalized spacial score (nSPS) is 12.8. The quantitative estimate of drug-likeness (QED) is 0.187. The van der Waals surface area contributed by atoms with E-state index in [2.05, 4.69) is 84.9 Å². The predicted molar refractivity (Wildman–Crippen MR) is 201 cm³/mol. The number of allylic oxidation sites excluding steroid dienone is 1. The van der Waals surface area contributed by atoms with Crippen LogP contribution in [0.2, 0.25) is 0 Å². The molecule has 5 heteroatoms. The van der Waals surface area contributed by atoms with Gasteiger partial charge in [0, 0.05) is 39.3 Å². The van der Waals surface area contributed by atoms with Gasteiger partial charge in [-0.2, -0.15) is 0 Å². The predicted octanol–water partition coefficient (Wildman–Crippen LogP) is 11.7. The average molecular weight is 644 g/mol. The van der Waals surface area contributed by atoms with Crippen molar-refractivity contribution in [3.63, 3.8) is 0 Å². The van der Waals surface area contributed by atoms with Crippen LogP contribution in [0.15, 0.2) is 154 Å². The summed E-state index contributed by atoms with van der Waals surface area (Å²) >= 11 is 0. The van der Waals surface area contributed by atoms with Gasteiger partial charge in [0.2, 0.25) is 0 Å². The molecule has 0 spiro atoms. The van der Waals surface area contributed by atoms with Gasteiger partial charge in [0.25, 0.3) is 0 Å². The lowest BCUT2D eigenvalue weighted by molar-refractivity contribution is 0.547. The summed E-state index contributed by atoms with van der Waals surface area (Å²) in [4.78, 5) is 15.5. The zero-order valence-electron chi connectivity index (χ0n) is 27.0. The number of hydrogen-bond acceptors (Lipinski definition) is 5. The smallest absolute Gasteiger partial charge is 0.164 e. The molecule has 236 valence electrons. The zero-order valence-corrected chi connectivity index (χ0v) is 27.0. The van der Waals surface area contributed by atoms with Crippen molar-refractivity contribution in [2.45, 2.75) is 12.8 Å². The second kappa shape index (κ2) is 11.5. The summed E-state index contributed by atoms with van der Waals surface area (Å²) in [5.41, 5.74) is 11.0. The minimum absolute atomic E-state index is 0.608. The second-order valence-electron chi connectivity index (χ2n) is 12.7. The molecule has 3 aromatic heterocycles. The Morgan fingerprint density at radius 2 is 1.00 bits per heavy atom. The summed E-state index contributed by atoms with van der Waals surface area (Å²) in [6.07, 6.45) is 3.75. The molecule has 0 N–H and O–H groups in total. The van der Waals surface area contributed by atoms with E-state index in [0.717, 1.165) is 84.9 Å². The topological polar surface area (TPSA) is 65.0 Å².